The van der Waals surface area contributed by atoms with Crippen LogP contribution in [0, 0.1) is 13.8 Å². The Balaban J connectivity index is 1.85. The van der Waals surface area contributed by atoms with Gasteiger partial charge in [0.25, 0.3) is 0 Å². The number of fused-ring (bicyclic) bond motifs is 1. The molecule has 0 spiro atoms. The van der Waals surface area contributed by atoms with Crippen LogP contribution < -0.4 is 10.2 Å². The first-order chi connectivity index (χ1) is 10.2. The van der Waals surface area contributed by atoms with Gasteiger partial charge in [0.2, 0.25) is 0 Å². The number of rotatable bonds is 1. The number of nitrogens with one attached hydrogen (secondary N) is 1. The van der Waals surface area contributed by atoms with E-state index in [-0.39, 0.29) is 6.03 Å². The second-order valence-electron chi connectivity index (χ2n) is 5.15. The molecule has 1 aliphatic rings. The van der Waals surface area contributed by atoms with Gasteiger partial charge < -0.3 is 5.32 Å². The van der Waals surface area contributed by atoms with Gasteiger partial charge in [0.1, 0.15) is 0 Å². The summed E-state index contributed by atoms with van der Waals surface area (Å²) in [4.78, 5) is 15.6. The van der Waals surface area contributed by atoms with Crippen LogP contribution in [0.15, 0.2) is 47.4 Å². The lowest BCUT2D eigenvalue weighted by atomic mass is 10.1. The molecular weight excluding hydrogens is 280 g/mol. The largest absolute Gasteiger partial charge is 0.326 e. The van der Waals surface area contributed by atoms with Crippen molar-refractivity contribution >= 4 is 29.2 Å². The molecule has 1 heterocycles. The summed E-state index contributed by atoms with van der Waals surface area (Å²) in [5, 5.41) is 3.04. The maximum absolute atomic E-state index is 12.6. The highest BCUT2D eigenvalue weighted by atomic mass is 32.2. The van der Waals surface area contributed by atoms with Crippen LogP contribution >= 0.6 is 11.8 Å². The second-order valence-corrected chi connectivity index (χ2v) is 6.28. The monoisotopic (exact) mass is 298 g/mol. The minimum atomic E-state index is -0.0588. The first-order valence-corrected chi connectivity index (χ1v) is 8.02. The third-order valence-electron chi connectivity index (χ3n) is 3.82. The summed E-state index contributed by atoms with van der Waals surface area (Å²) in [6, 6.07) is 14.0. The van der Waals surface area contributed by atoms with Gasteiger partial charge in [0, 0.05) is 22.9 Å². The van der Waals surface area contributed by atoms with E-state index < -0.39 is 0 Å². The molecule has 0 fully saturated rings. The number of para-hydroxylation sites is 1. The van der Waals surface area contributed by atoms with E-state index in [0.29, 0.717) is 0 Å². The van der Waals surface area contributed by atoms with E-state index in [2.05, 4.69) is 24.4 Å². The van der Waals surface area contributed by atoms with Gasteiger partial charge in [-0.15, -0.1) is 11.8 Å². The van der Waals surface area contributed by atoms with Gasteiger partial charge in [-0.25, -0.2) is 4.79 Å². The predicted molar refractivity (Wildman–Crippen MR) is 89.4 cm³/mol. The average Bonchev–Trinajstić information content (AvgIpc) is 2.51. The molecule has 1 N–H and O–H groups in total. The van der Waals surface area contributed by atoms with E-state index in [4.69, 9.17) is 0 Å². The number of carbonyl (C=O) groups is 1. The topological polar surface area (TPSA) is 32.3 Å². The van der Waals surface area contributed by atoms with E-state index in [9.17, 15) is 4.79 Å². The Morgan fingerprint density at radius 1 is 1.14 bits per heavy atom. The summed E-state index contributed by atoms with van der Waals surface area (Å²) in [5.74, 6) is 0.928. The summed E-state index contributed by atoms with van der Waals surface area (Å²) in [6.07, 6.45) is 0. The Hall–Kier alpha value is -1.94. The van der Waals surface area contributed by atoms with Gasteiger partial charge in [-0.2, -0.15) is 0 Å². The summed E-state index contributed by atoms with van der Waals surface area (Å²) in [5.41, 5.74) is 4.18. The number of benzene rings is 2. The first kappa shape index (κ1) is 14.0. The molecule has 0 saturated heterocycles. The Bertz CT molecular complexity index is 684. The molecule has 0 radical (unpaired) electrons. The van der Waals surface area contributed by atoms with Crippen LogP contribution in [0.25, 0.3) is 0 Å². The Labute approximate surface area is 129 Å². The molecule has 3 rings (SSSR count). The van der Waals surface area contributed by atoms with Crippen LogP contribution in [0.2, 0.25) is 0 Å². The molecule has 21 heavy (non-hydrogen) atoms. The molecule has 2 amide bonds. The van der Waals surface area contributed by atoms with Crippen molar-refractivity contribution in [2.45, 2.75) is 18.7 Å². The number of carbonyl (C=O) groups excluding carboxylic acids is 1. The zero-order valence-corrected chi connectivity index (χ0v) is 13.0. The fourth-order valence-electron chi connectivity index (χ4n) is 2.45. The van der Waals surface area contributed by atoms with Crippen molar-refractivity contribution in [1.82, 2.24) is 0 Å². The fourth-order valence-corrected chi connectivity index (χ4v) is 3.44. The Kier molecular flexibility index (Phi) is 3.88. The molecule has 1 aliphatic heterocycles. The lowest BCUT2D eigenvalue weighted by molar-refractivity contribution is 0.257. The molecule has 2 aromatic carbocycles. The standard InChI is InChI=1S/C17H18N2OS/c1-12-6-5-7-14(13(12)2)18-17(20)19-10-11-21-16-9-4-3-8-15(16)19/h3-9H,10-11H2,1-2H3,(H,18,20). The third-order valence-corrected chi connectivity index (χ3v) is 4.86. The molecule has 0 unspecified atom stereocenters. The fraction of sp³-hybridized carbons (Fsp3) is 0.235. The van der Waals surface area contributed by atoms with Crippen LogP contribution in [-0.4, -0.2) is 18.3 Å². The molecule has 0 saturated carbocycles. The maximum atomic E-state index is 12.6. The van der Waals surface area contributed by atoms with Gasteiger partial charge in [-0.3, -0.25) is 4.90 Å². The second kappa shape index (κ2) is 5.82. The number of hydrogen-bond donors (Lipinski definition) is 1. The van der Waals surface area contributed by atoms with Gasteiger partial charge in [0.05, 0.1) is 5.69 Å². The van der Waals surface area contributed by atoms with E-state index in [1.807, 2.05) is 42.2 Å². The summed E-state index contributed by atoms with van der Waals surface area (Å²) in [7, 11) is 0. The number of anilines is 2. The molecule has 4 heteroatoms. The van der Waals surface area contributed by atoms with Gasteiger partial charge in [-0.05, 0) is 43.2 Å². The minimum absolute atomic E-state index is 0.0588. The zero-order chi connectivity index (χ0) is 14.8. The number of thioether (sulfide) groups is 1. The van der Waals surface area contributed by atoms with Crippen LogP contribution in [0.1, 0.15) is 11.1 Å². The van der Waals surface area contributed by atoms with Gasteiger partial charge in [0.15, 0.2) is 0 Å². The van der Waals surface area contributed by atoms with Crippen molar-refractivity contribution < 1.29 is 4.79 Å². The summed E-state index contributed by atoms with van der Waals surface area (Å²) in [6.45, 7) is 4.82. The van der Waals surface area contributed by atoms with Gasteiger partial charge in [-0.1, -0.05) is 24.3 Å². The van der Waals surface area contributed by atoms with Crippen molar-refractivity contribution in [3.05, 3.63) is 53.6 Å². The van der Waals surface area contributed by atoms with Crippen molar-refractivity contribution in [2.75, 3.05) is 22.5 Å². The molecule has 108 valence electrons. The normalized spacial score (nSPS) is 13.7. The van der Waals surface area contributed by atoms with Crippen LogP contribution in [-0.2, 0) is 0 Å². The molecule has 2 aromatic rings. The van der Waals surface area contributed by atoms with E-state index in [1.165, 1.54) is 10.5 Å². The van der Waals surface area contributed by atoms with Crippen LogP contribution in [0.3, 0.4) is 0 Å². The average molecular weight is 298 g/mol. The third kappa shape index (κ3) is 2.76. The van der Waals surface area contributed by atoms with Gasteiger partial charge >= 0.3 is 6.03 Å². The molecular formula is C17H18N2OS. The highest BCUT2D eigenvalue weighted by Gasteiger charge is 2.22. The first-order valence-electron chi connectivity index (χ1n) is 7.03. The molecule has 3 nitrogen and oxygen atoms in total. The molecule has 0 atom stereocenters. The molecule has 0 aromatic heterocycles. The van der Waals surface area contributed by atoms with Crippen molar-refractivity contribution in [3.63, 3.8) is 0 Å². The number of nitrogens with zero attached hydrogens (tertiary/aromatic N) is 1. The van der Waals surface area contributed by atoms with E-state index in [0.717, 1.165) is 29.2 Å². The summed E-state index contributed by atoms with van der Waals surface area (Å²) < 4.78 is 0. The molecule has 0 bridgehead atoms. The number of hydrogen-bond acceptors (Lipinski definition) is 2. The lowest BCUT2D eigenvalue weighted by Crippen LogP contribution is -2.38. The Morgan fingerprint density at radius 3 is 2.81 bits per heavy atom. The van der Waals surface area contributed by atoms with E-state index in [1.54, 1.807) is 11.8 Å². The number of aryl methyl sites for hydroxylation is 1. The lowest BCUT2D eigenvalue weighted by Gasteiger charge is -2.29. The number of urea groups is 1. The highest BCUT2D eigenvalue weighted by Crippen LogP contribution is 2.34. The smallest absolute Gasteiger partial charge is 0.307 e. The minimum Gasteiger partial charge on any atom is -0.307 e. The van der Waals surface area contributed by atoms with Crippen LogP contribution in [0.5, 0.6) is 0 Å². The number of amides is 2. The summed E-state index contributed by atoms with van der Waals surface area (Å²) >= 11 is 1.80. The SMILES string of the molecule is Cc1cccc(NC(=O)N2CCSc3ccccc32)c1C. The highest BCUT2D eigenvalue weighted by molar-refractivity contribution is 7.99. The quantitative estimate of drug-likeness (QED) is 0.843. The van der Waals surface area contributed by atoms with Crippen molar-refractivity contribution in [1.29, 1.82) is 0 Å². The Morgan fingerprint density at radius 2 is 1.95 bits per heavy atom. The molecule has 0 aliphatic carbocycles. The van der Waals surface area contributed by atoms with Crippen LogP contribution in [0.4, 0.5) is 16.2 Å². The predicted octanol–water partition coefficient (Wildman–Crippen LogP) is 4.45. The van der Waals surface area contributed by atoms with Crippen molar-refractivity contribution in [2.24, 2.45) is 0 Å². The zero-order valence-electron chi connectivity index (χ0n) is 12.2. The van der Waals surface area contributed by atoms with Crippen molar-refractivity contribution in [3.8, 4) is 0 Å². The maximum Gasteiger partial charge on any atom is 0.326 e. The van der Waals surface area contributed by atoms with E-state index >= 15 is 0 Å².